The maximum Gasteiger partial charge on any atom is 0.0938 e. The van der Waals surface area contributed by atoms with Gasteiger partial charge in [-0.2, -0.15) is 0 Å². The number of rotatable bonds is 1. The molecule has 0 aliphatic carbocycles. The Bertz CT molecular complexity index is 191. The summed E-state index contributed by atoms with van der Waals surface area (Å²) < 4.78 is 0. The van der Waals surface area contributed by atoms with Crippen LogP contribution in [0.25, 0.3) is 0 Å². The first-order valence-electron chi connectivity index (χ1n) is 5.49. The number of aliphatic hydroxyl groups is 2. The molecule has 82 valence electrons. The minimum atomic E-state index is -0.544. The minimum Gasteiger partial charge on any atom is -0.389 e. The van der Waals surface area contributed by atoms with Crippen molar-refractivity contribution in [2.24, 2.45) is 5.92 Å². The van der Waals surface area contributed by atoms with Gasteiger partial charge in [0.05, 0.1) is 12.2 Å². The standard InChI is InChI=1S/C10H20N2O2/c1-7-4-11-3-2-8(7)12-5-9(13)10(14)6-12/h7-11,13-14H,2-6H2,1H3. The number of nitrogens with one attached hydrogen (secondary N) is 1. The topological polar surface area (TPSA) is 55.7 Å². The number of piperidine rings is 1. The first-order valence-corrected chi connectivity index (χ1v) is 5.49. The second kappa shape index (κ2) is 4.14. The van der Waals surface area contributed by atoms with E-state index in [2.05, 4.69) is 17.1 Å². The summed E-state index contributed by atoms with van der Waals surface area (Å²) in [6.45, 7) is 5.60. The zero-order valence-electron chi connectivity index (χ0n) is 8.69. The van der Waals surface area contributed by atoms with Crippen LogP contribution in [-0.4, -0.2) is 59.5 Å². The third kappa shape index (κ3) is 1.93. The van der Waals surface area contributed by atoms with Gasteiger partial charge in [0.15, 0.2) is 0 Å². The van der Waals surface area contributed by atoms with Gasteiger partial charge in [-0.05, 0) is 25.4 Å². The van der Waals surface area contributed by atoms with E-state index in [1.165, 1.54) is 0 Å². The molecule has 0 aromatic carbocycles. The van der Waals surface area contributed by atoms with Gasteiger partial charge in [0.2, 0.25) is 0 Å². The Morgan fingerprint density at radius 3 is 2.43 bits per heavy atom. The molecule has 0 bridgehead atoms. The molecule has 2 fully saturated rings. The third-order valence-corrected chi connectivity index (χ3v) is 3.50. The predicted molar refractivity (Wildman–Crippen MR) is 54.0 cm³/mol. The molecule has 0 saturated carbocycles. The molecule has 0 aromatic rings. The molecule has 4 atom stereocenters. The van der Waals surface area contributed by atoms with E-state index in [4.69, 9.17) is 0 Å². The van der Waals surface area contributed by atoms with Crippen LogP contribution in [0.15, 0.2) is 0 Å². The largest absolute Gasteiger partial charge is 0.389 e. The van der Waals surface area contributed by atoms with Crippen LogP contribution >= 0.6 is 0 Å². The highest BCUT2D eigenvalue weighted by atomic mass is 16.3. The van der Waals surface area contributed by atoms with Gasteiger partial charge in [0, 0.05) is 19.1 Å². The van der Waals surface area contributed by atoms with Gasteiger partial charge >= 0.3 is 0 Å². The molecule has 2 heterocycles. The number of hydrogen-bond donors (Lipinski definition) is 3. The zero-order chi connectivity index (χ0) is 10.1. The monoisotopic (exact) mass is 200 g/mol. The predicted octanol–water partition coefficient (Wildman–Crippen LogP) is -0.978. The Morgan fingerprint density at radius 2 is 1.86 bits per heavy atom. The fourth-order valence-electron chi connectivity index (χ4n) is 2.61. The lowest BCUT2D eigenvalue weighted by Gasteiger charge is -2.36. The van der Waals surface area contributed by atoms with Crippen LogP contribution in [-0.2, 0) is 0 Å². The molecule has 2 saturated heterocycles. The smallest absolute Gasteiger partial charge is 0.0938 e. The Morgan fingerprint density at radius 1 is 1.21 bits per heavy atom. The highest BCUT2D eigenvalue weighted by molar-refractivity contribution is 4.91. The van der Waals surface area contributed by atoms with Crippen LogP contribution in [0.5, 0.6) is 0 Å². The SMILES string of the molecule is CC1CNCCC1N1CC(O)C(O)C1. The van der Waals surface area contributed by atoms with Crippen LogP contribution in [0.3, 0.4) is 0 Å². The first kappa shape index (κ1) is 10.4. The Balaban J connectivity index is 1.94. The average molecular weight is 200 g/mol. The summed E-state index contributed by atoms with van der Waals surface area (Å²) in [4.78, 5) is 2.24. The highest BCUT2D eigenvalue weighted by Gasteiger charge is 2.36. The van der Waals surface area contributed by atoms with Crippen LogP contribution in [0, 0.1) is 5.92 Å². The fourth-order valence-corrected chi connectivity index (χ4v) is 2.61. The second-order valence-electron chi connectivity index (χ2n) is 4.63. The lowest BCUT2D eigenvalue weighted by molar-refractivity contribution is 0.0572. The molecule has 4 heteroatoms. The molecule has 4 unspecified atom stereocenters. The van der Waals surface area contributed by atoms with Crippen LogP contribution in [0.2, 0.25) is 0 Å². The van der Waals surface area contributed by atoms with Crippen molar-refractivity contribution in [3.63, 3.8) is 0 Å². The van der Waals surface area contributed by atoms with Gasteiger partial charge < -0.3 is 15.5 Å². The maximum atomic E-state index is 9.48. The summed E-state index contributed by atoms with van der Waals surface area (Å²) in [5.41, 5.74) is 0. The third-order valence-electron chi connectivity index (χ3n) is 3.50. The van der Waals surface area contributed by atoms with Crippen molar-refractivity contribution in [1.29, 1.82) is 0 Å². The molecular weight excluding hydrogens is 180 g/mol. The summed E-state index contributed by atoms with van der Waals surface area (Å²) >= 11 is 0. The van der Waals surface area contributed by atoms with E-state index in [1.54, 1.807) is 0 Å². The van der Waals surface area contributed by atoms with Gasteiger partial charge in [-0.25, -0.2) is 0 Å². The van der Waals surface area contributed by atoms with E-state index < -0.39 is 12.2 Å². The van der Waals surface area contributed by atoms with Crippen molar-refractivity contribution >= 4 is 0 Å². The molecule has 2 aliphatic rings. The molecule has 3 N–H and O–H groups in total. The van der Waals surface area contributed by atoms with E-state index in [0.29, 0.717) is 25.0 Å². The van der Waals surface area contributed by atoms with Crippen molar-refractivity contribution in [1.82, 2.24) is 10.2 Å². The van der Waals surface area contributed by atoms with E-state index in [-0.39, 0.29) is 0 Å². The summed E-state index contributed by atoms with van der Waals surface area (Å²) in [7, 11) is 0. The van der Waals surface area contributed by atoms with Gasteiger partial charge in [-0.1, -0.05) is 6.92 Å². The highest BCUT2D eigenvalue weighted by Crippen LogP contribution is 2.22. The van der Waals surface area contributed by atoms with Crippen molar-refractivity contribution in [2.45, 2.75) is 31.6 Å². The Kier molecular flexibility index (Phi) is 3.07. The van der Waals surface area contributed by atoms with E-state index in [1.807, 2.05) is 0 Å². The lowest BCUT2D eigenvalue weighted by atomic mass is 9.94. The average Bonchev–Trinajstić information content (AvgIpc) is 2.48. The number of β-amino-alcohol motifs (C(OH)–C–C–N with tert-alkyl or cyclic N) is 2. The molecule has 2 rings (SSSR count). The van der Waals surface area contributed by atoms with E-state index >= 15 is 0 Å². The van der Waals surface area contributed by atoms with Crippen LogP contribution < -0.4 is 5.32 Å². The first-order chi connectivity index (χ1) is 6.68. The van der Waals surface area contributed by atoms with Crippen molar-refractivity contribution < 1.29 is 10.2 Å². The van der Waals surface area contributed by atoms with Gasteiger partial charge in [0.25, 0.3) is 0 Å². The van der Waals surface area contributed by atoms with E-state index in [9.17, 15) is 10.2 Å². The van der Waals surface area contributed by atoms with Crippen LogP contribution in [0.4, 0.5) is 0 Å². The van der Waals surface area contributed by atoms with Gasteiger partial charge in [-0.3, -0.25) is 4.90 Å². The molecular formula is C10H20N2O2. The van der Waals surface area contributed by atoms with E-state index in [0.717, 1.165) is 19.5 Å². The van der Waals surface area contributed by atoms with Crippen molar-refractivity contribution in [3.8, 4) is 0 Å². The fraction of sp³-hybridized carbons (Fsp3) is 1.00. The van der Waals surface area contributed by atoms with Crippen molar-refractivity contribution in [3.05, 3.63) is 0 Å². The number of nitrogens with zero attached hydrogens (tertiary/aromatic N) is 1. The molecule has 0 radical (unpaired) electrons. The number of aliphatic hydroxyl groups excluding tert-OH is 2. The van der Waals surface area contributed by atoms with Gasteiger partial charge in [-0.15, -0.1) is 0 Å². The summed E-state index contributed by atoms with van der Waals surface area (Å²) in [6.07, 6.45) is 0.0369. The molecule has 0 spiro atoms. The minimum absolute atomic E-state index is 0.531. The molecule has 2 aliphatic heterocycles. The molecule has 0 amide bonds. The second-order valence-corrected chi connectivity index (χ2v) is 4.63. The Hall–Kier alpha value is -0.160. The molecule has 0 aromatic heterocycles. The van der Waals surface area contributed by atoms with Gasteiger partial charge in [0.1, 0.15) is 0 Å². The number of hydrogen-bond acceptors (Lipinski definition) is 4. The maximum absolute atomic E-state index is 9.48. The molecule has 4 nitrogen and oxygen atoms in total. The normalized spacial score (nSPS) is 45.6. The Labute approximate surface area is 84.9 Å². The zero-order valence-corrected chi connectivity index (χ0v) is 8.69. The summed E-state index contributed by atoms with van der Waals surface area (Å²) in [6, 6.07) is 0.531. The van der Waals surface area contributed by atoms with Crippen LogP contribution in [0.1, 0.15) is 13.3 Å². The number of likely N-dealkylation sites (tertiary alicyclic amines) is 1. The van der Waals surface area contributed by atoms with Crippen molar-refractivity contribution in [2.75, 3.05) is 26.2 Å². The molecule has 14 heavy (non-hydrogen) atoms. The summed E-state index contributed by atoms with van der Waals surface area (Å²) in [5.74, 6) is 0.612. The quantitative estimate of drug-likeness (QED) is 0.509. The lowest BCUT2D eigenvalue weighted by Crippen LogP contribution is -2.48. The summed E-state index contributed by atoms with van der Waals surface area (Å²) in [5, 5.41) is 22.3.